The van der Waals surface area contributed by atoms with Gasteiger partial charge in [0.05, 0.1) is 19.3 Å². The number of methoxy groups -OCH3 is 3. The van der Waals surface area contributed by atoms with Gasteiger partial charge >= 0.3 is 0 Å². The number of benzene rings is 1. The molecule has 0 bridgehead atoms. The fraction of sp³-hybridized carbons (Fsp3) is 0.625. The van der Waals surface area contributed by atoms with Crippen molar-refractivity contribution in [2.45, 2.75) is 25.4 Å². The molecule has 0 aliphatic carbocycles. The van der Waals surface area contributed by atoms with Gasteiger partial charge in [-0.15, -0.1) is 0 Å². The van der Waals surface area contributed by atoms with Gasteiger partial charge in [-0.25, -0.2) is 0 Å². The first-order valence-corrected chi connectivity index (χ1v) is 7.21. The molecule has 0 heterocycles. The van der Waals surface area contributed by atoms with Crippen LogP contribution in [0.5, 0.6) is 0 Å². The van der Waals surface area contributed by atoms with E-state index in [9.17, 15) is 0 Å². The Hall–Kier alpha value is -0.980. The Balaban J connectivity index is 2.23. The van der Waals surface area contributed by atoms with Crippen LogP contribution < -0.4 is 5.32 Å². The number of hydrogen-bond acceptors (Lipinski definition) is 5. The minimum absolute atomic E-state index is 0.0752. The second kappa shape index (κ2) is 11.7. The molecule has 0 fully saturated rings. The van der Waals surface area contributed by atoms with E-state index in [2.05, 4.69) is 17.4 Å². The summed E-state index contributed by atoms with van der Waals surface area (Å²) in [5.41, 5.74) is 1.17. The molecular weight excluding hydrogens is 270 g/mol. The zero-order chi connectivity index (χ0) is 15.3. The van der Waals surface area contributed by atoms with E-state index in [-0.39, 0.29) is 12.4 Å². The van der Waals surface area contributed by atoms with Crippen LogP contribution in [-0.2, 0) is 25.6 Å². The molecule has 0 aliphatic rings. The molecule has 0 aliphatic heterocycles. The first-order chi connectivity index (χ1) is 10.3. The third kappa shape index (κ3) is 8.14. The lowest BCUT2D eigenvalue weighted by atomic mass is 10.2. The lowest BCUT2D eigenvalue weighted by molar-refractivity contribution is -0.0991. The minimum Gasteiger partial charge on any atom is -0.382 e. The molecule has 1 unspecified atom stereocenters. The highest BCUT2D eigenvalue weighted by Gasteiger charge is 2.10. The van der Waals surface area contributed by atoms with Crippen LogP contribution in [0.2, 0.25) is 0 Å². The first kappa shape index (κ1) is 18.1. The van der Waals surface area contributed by atoms with Gasteiger partial charge in [-0.3, -0.25) is 0 Å². The number of rotatable bonds is 12. The zero-order valence-electron chi connectivity index (χ0n) is 13.2. The predicted octanol–water partition coefficient (Wildman–Crippen LogP) is 1.82. The van der Waals surface area contributed by atoms with Gasteiger partial charge in [-0.2, -0.15) is 0 Å². The summed E-state index contributed by atoms with van der Waals surface area (Å²) < 4.78 is 21.3. The molecule has 1 N–H and O–H groups in total. The van der Waals surface area contributed by atoms with E-state index in [0.717, 1.165) is 13.0 Å². The minimum atomic E-state index is -0.212. The lowest BCUT2D eigenvalue weighted by Gasteiger charge is -2.19. The van der Waals surface area contributed by atoms with E-state index < -0.39 is 0 Å². The Kier molecular flexibility index (Phi) is 10.0. The average Bonchev–Trinajstić information content (AvgIpc) is 2.53. The van der Waals surface area contributed by atoms with Gasteiger partial charge < -0.3 is 24.3 Å². The van der Waals surface area contributed by atoms with Crippen molar-refractivity contribution in [3.8, 4) is 0 Å². The van der Waals surface area contributed by atoms with E-state index in [1.165, 1.54) is 5.56 Å². The maximum atomic E-state index is 5.90. The van der Waals surface area contributed by atoms with Crippen LogP contribution >= 0.6 is 0 Å². The zero-order valence-corrected chi connectivity index (χ0v) is 13.2. The van der Waals surface area contributed by atoms with Gasteiger partial charge in [0.1, 0.15) is 0 Å². The van der Waals surface area contributed by atoms with Crippen molar-refractivity contribution < 1.29 is 18.9 Å². The molecule has 1 rings (SSSR count). The molecule has 21 heavy (non-hydrogen) atoms. The summed E-state index contributed by atoms with van der Waals surface area (Å²) in [4.78, 5) is 0. The molecule has 0 aromatic heterocycles. The van der Waals surface area contributed by atoms with Gasteiger partial charge in [-0.1, -0.05) is 30.3 Å². The van der Waals surface area contributed by atoms with Crippen LogP contribution in [0, 0.1) is 0 Å². The maximum Gasteiger partial charge on any atom is 0.169 e. The molecule has 1 aromatic carbocycles. The third-order valence-corrected chi connectivity index (χ3v) is 3.16. The van der Waals surface area contributed by atoms with Crippen LogP contribution in [0.3, 0.4) is 0 Å². The molecule has 0 spiro atoms. The van der Waals surface area contributed by atoms with Crippen molar-refractivity contribution in [3.63, 3.8) is 0 Å². The van der Waals surface area contributed by atoms with Gasteiger partial charge in [0.25, 0.3) is 0 Å². The summed E-state index contributed by atoms with van der Waals surface area (Å²) in [6.45, 7) is 2.68. The highest BCUT2D eigenvalue weighted by Crippen LogP contribution is 2.06. The Morgan fingerprint density at radius 1 is 1.05 bits per heavy atom. The smallest absolute Gasteiger partial charge is 0.169 e. The second-order valence-corrected chi connectivity index (χ2v) is 4.77. The van der Waals surface area contributed by atoms with Crippen LogP contribution in [-0.4, -0.2) is 53.4 Å². The number of ether oxygens (including phenoxy) is 4. The van der Waals surface area contributed by atoms with E-state index in [0.29, 0.717) is 19.8 Å². The topological polar surface area (TPSA) is 49.0 Å². The van der Waals surface area contributed by atoms with Crippen molar-refractivity contribution in [1.29, 1.82) is 0 Å². The fourth-order valence-electron chi connectivity index (χ4n) is 1.93. The van der Waals surface area contributed by atoms with E-state index >= 15 is 0 Å². The number of nitrogens with one attached hydrogen (secondary N) is 1. The summed E-state index contributed by atoms with van der Waals surface area (Å²) in [5.74, 6) is 0. The maximum absolute atomic E-state index is 5.90. The Labute approximate surface area is 127 Å². The average molecular weight is 297 g/mol. The summed E-state index contributed by atoms with van der Waals surface area (Å²) in [6.07, 6.45) is 0.739. The molecular formula is C16H27NO4. The van der Waals surface area contributed by atoms with Gasteiger partial charge in [0, 0.05) is 27.9 Å². The standard InChI is InChI=1S/C16H27NO4/c1-18-13-15(9-10-17-11-16(19-2)20-3)21-12-14-7-5-4-6-8-14/h4-8,15-17H,9-13H2,1-3H3. The summed E-state index contributed by atoms with van der Waals surface area (Å²) in [7, 11) is 4.96. The van der Waals surface area contributed by atoms with Gasteiger partial charge in [-0.05, 0) is 18.5 Å². The van der Waals surface area contributed by atoms with E-state index in [1.807, 2.05) is 18.2 Å². The molecule has 5 nitrogen and oxygen atoms in total. The number of hydrogen-bond donors (Lipinski definition) is 1. The fourth-order valence-corrected chi connectivity index (χ4v) is 1.93. The van der Waals surface area contributed by atoms with Crippen LogP contribution in [0.1, 0.15) is 12.0 Å². The Morgan fingerprint density at radius 3 is 2.38 bits per heavy atom. The van der Waals surface area contributed by atoms with Crippen molar-refractivity contribution in [2.24, 2.45) is 0 Å². The Morgan fingerprint density at radius 2 is 1.76 bits per heavy atom. The Bertz CT molecular complexity index is 343. The summed E-state index contributed by atoms with van der Waals surface area (Å²) in [6, 6.07) is 10.2. The van der Waals surface area contributed by atoms with Gasteiger partial charge in [0.15, 0.2) is 6.29 Å². The van der Waals surface area contributed by atoms with Crippen molar-refractivity contribution in [3.05, 3.63) is 35.9 Å². The highest BCUT2D eigenvalue weighted by molar-refractivity contribution is 5.13. The molecule has 0 saturated heterocycles. The first-order valence-electron chi connectivity index (χ1n) is 7.21. The quantitative estimate of drug-likeness (QED) is 0.471. The molecule has 0 radical (unpaired) electrons. The molecule has 5 heteroatoms. The molecule has 0 saturated carbocycles. The monoisotopic (exact) mass is 297 g/mol. The normalized spacial score (nSPS) is 12.8. The summed E-state index contributed by atoms with van der Waals surface area (Å²) in [5, 5.41) is 3.29. The largest absolute Gasteiger partial charge is 0.382 e. The second-order valence-electron chi connectivity index (χ2n) is 4.77. The SMILES string of the molecule is COCC(CCNCC(OC)OC)OCc1ccccc1. The van der Waals surface area contributed by atoms with E-state index in [1.54, 1.807) is 21.3 Å². The van der Waals surface area contributed by atoms with E-state index in [4.69, 9.17) is 18.9 Å². The lowest BCUT2D eigenvalue weighted by Crippen LogP contribution is -2.32. The van der Waals surface area contributed by atoms with Gasteiger partial charge in [0.2, 0.25) is 0 Å². The predicted molar refractivity (Wildman–Crippen MR) is 82.2 cm³/mol. The third-order valence-electron chi connectivity index (χ3n) is 3.16. The van der Waals surface area contributed by atoms with Crippen LogP contribution in [0.4, 0.5) is 0 Å². The van der Waals surface area contributed by atoms with Crippen LogP contribution in [0.25, 0.3) is 0 Å². The van der Waals surface area contributed by atoms with Crippen molar-refractivity contribution >= 4 is 0 Å². The molecule has 120 valence electrons. The van der Waals surface area contributed by atoms with Crippen molar-refractivity contribution in [1.82, 2.24) is 5.32 Å². The molecule has 1 atom stereocenters. The van der Waals surface area contributed by atoms with Crippen molar-refractivity contribution in [2.75, 3.05) is 41.0 Å². The molecule has 0 amide bonds. The van der Waals surface area contributed by atoms with Crippen LogP contribution in [0.15, 0.2) is 30.3 Å². The molecule has 1 aromatic rings. The summed E-state index contributed by atoms with van der Waals surface area (Å²) >= 11 is 0. The highest BCUT2D eigenvalue weighted by atomic mass is 16.7.